The Hall–Kier alpha value is -1.33. The highest BCUT2D eigenvalue weighted by Crippen LogP contribution is 2.35. The fourth-order valence-corrected chi connectivity index (χ4v) is 2.35. The third-order valence-electron chi connectivity index (χ3n) is 2.50. The van der Waals surface area contributed by atoms with Gasteiger partial charge in [0, 0.05) is 0 Å². The monoisotopic (exact) mass is 257 g/mol. The van der Waals surface area contributed by atoms with Gasteiger partial charge in [0.1, 0.15) is 0 Å². The second kappa shape index (κ2) is 4.50. The highest BCUT2D eigenvalue weighted by Gasteiger charge is 2.34. The maximum absolute atomic E-state index is 12.8. The molecule has 0 unspecified atom stereocenters. The van der Waals surface area contributed by atoms with Crippen molar-refractivity contribution in [3.8, 4) is 0 Å². The van der Waals surface area contributed by atoms with E-state index in [1.54, 1.807) is 22.9 Å². The second-order valence-electron chi connectivity index (χ2n) is 3.62. The van der Waals surface area contributed by atoms with Crippen molar-refractivity contribution >= 4 is 11.3 Å². The second-order valence-corrected chi connectivity index (χ2v) is 4.40. The van der Waals surface area contributed by atoms with Crippen molar-refractivity contribution in [2.75, 3.05) is 0 Å². The number of thiophene rings is 1. The number of alkyl halides is 3. The van der Waals surface area contributed by atoms with Gasteiger partial charge in [-0.1, -0.05) is 18.2 Å². The normalized spacial score (nSPS) is 13.6. The van der Waals surface area contributed by atoms with Crippen LogP contribution in [-0.4, -0.2) is 0 Å². The van der Waals surface area contributed by atoms with E-state index >= 15 is 0 Å². The first-order chi connectivity index (χ1) is 8.00. The molecule has 0 spiro atoms. The Balaban J connectivity index is 2.46. The van der Waals surface area contributed by atoms with Gasteiger partial charge in [-0.3, -0.25) is 0 Å². The van der Waals surface area contributed by atoms with Crippen molar-refractivity contribution in [3.05, 3.63) is 57.8 Å². The van der Waals surface area contributed by atoms with E-state index in [2.05, 4.69) is 0 Å². The minimum atomic E-state index is -4.37. The molecule has 1 heterocycles. The first-order valence-electron chi connectivity index (χ1n) is 4.94. The summed E-state index contributed by atoms with van der Waals surface area (Å²) < 4.78 is 38.4. The summed E-state index contributed by atoms with van der Waals surface area (Å²) in [5, 5.41) is 3.56. The molecular weight excluding hydrogens is 247 g/mol. The summed E-state index contributed by atoms with van der Waals surface area (Å²) in [4.78, 5) is 0. The average molecular weight is 257 g/mol. The molecule has 0 saturated carbocycles. The van der Waals surface area contributed by atoms with Crippen molar-refractivity contribution in [1.82, 2.24) is 0 Å². The summed E-state index contributed by atoms with van der Waals surface area (Å²) in [6.07, 6.45) is -4.37. The van der Waals surface area contributed by atoms with Crippen molar-refractivity contribution in [2.45, 2.75) is 12.2 Å². The fourth-order valence-electron chi connectivity index (χ4n) is 1.66. The SMILES string of the molecule is N[C@H](c1ccsc1)c1ccccc1C(F)(F)F. The van der Waals surface area contributed by atoms with Crippen LogP contribution in [0.1, 0.15) is 22.7 Å². The standard InChI is InChI=1S/C12H10F3NS/c13-12(14,15)10-4-2-1-3-9(10)11(16)8-5-6-17-7-8/h1-7,11H,16H2/t11-/m1/s1. The zero-order chi connectivity index (χ0) is 12.5. The lowest BCUT2D eigenvalue weighted by atomic mass is 9.97. The topological polar surface area (TPSA) is 26.0 Å². The van der Waals surface area contributed by atoms with Gasteiger partial charge in [0.05, 0.1) is 11.6 Å². The fraction of sp³-hybridized carbons (Fsp3) is 0.167. The molecule has 90 valence electrons. The molecule has 0 aliphatic rings. The molecule has 2 aromatic rings. The van der Waals surface area contributed by atoms with Crippen LogP contribution < -0.4 is 5.73 Å². The predicted molar refractivity (Wildman–Crippen MR) is 61.8 cm³/mol. The Morgan fingerprint density at radius 3 is 2.41 bits per heavy atom. The Morgan fingerprint density at radius 1 is 1.12 bits per heavy atom. The largest absolute Gasteiger partial charge is 0.416 e. The minimum absolute atomic E-state index is 0.110. The van der Waals surface area contributed by atoms with E-state index in [1.165, 1.54) is 23.5 Å². The molecule has 2 rings (SSSR count). The minimum Gasteiger partial charge on any atom is -0.320 e. The van der Waals surface area contributed by atoms with Crippen molar-refractivity contribution in [1.29, 1.82) is 0 Å². The molecule has 5 heteroatoms. The lowest BCUT2D eigenvalue weighted by Crippen LogP contribution is -2.17. The van der Waals surface area contributed by atoms with Crippen LogP contribution in [0.2, 0.25) is 0 Å². The number of rotatable bonds is 2. The van der Waals surface area contributed by atoms with Crippen LogP contribution in [-0.2, 0) is 6.18 Å². The lowest BCUT2D eigenvalue weighted by molar-refractivity contribution is -0.138. The van der Waals surface area contributed by atoms with Crippen LogP contribution in [0.3, 0.4) is 0 Å². The number of hydrogen-bond donors (Lipinski definition) is 1. The van der Waals surface area contributed by atoms with E-state index in [-0.39, 0.29) is 5.56 Å². The molecule has 0 bridgehead atoms. The predicted octanol–water partition coefficient (Wildman–Crippen LogP) is 3.82. The first-order valence-corrected chi connectivity index (χ1v) is 5.88. The van der Waals surface area contributed by atoms with Crippen LogP contribution in [0.4, 0.5) is 13.2 Å². The average Bonchev–Trinajstić information content (AvgIpc) is 2.80. The molecule has 2 N–H and O–H groups in total. The quantitative estimate of drug-likeness (QED) is 0.869. The molecule has 1 aromatic carbocycles. The molecule has 0 aliphatic heterocycles. The summed E-state index contributed by atoms with van der Waals surface area (Å²) >= 11 is 1.41. The van der Waals surface area contributed by atoms with Gasteiger partial charge in [-0.15, -0.1) is 0 Å². The zero-order valence-electron chi connectivity index (χ0n) is 8.74. The summed E-state index contributed by atoms with van der Waals surface area (Å²) in [5.74, 6) is 0. The van der Waals surface area contributed by atoms with Crippen LogP contribution in [0.25, 0.3) is 0 Å². The third kappa shape index (κ3) is 2.50. The van der Waals surface area contributed by atoms with Crippen molar-refractivity contribution in [2.24, 2.45) is 5.73 Å². The Labute approximate surface area is 101 Å². The van der Waals surface area contributed by atoms with Gasteiger partial charge in [0.2, 0.25) is 0 Å². The van der Waals surface area contributed by atoms with Gasteiger partial charge in [-0.05, 0) is 34.0 Å². The smallest absolute Gasteiger partial charge is 0.320 e. The van der Waals surface area contributed by atoms with E-state index in [4.69, 9.17) is 5.73 Å². The Kier molecular flexibility index (Phi) is 3.22. The van der Waals surface area contributed by atoms with Gasteiger partial charge < -0.3 is 5.73 Å². The molecule has 1 aromatic heterocycles. The molecule has 0 aliphatic carbocycles. The molecule has 0 amide bonds. The van der Waals surface area contributed by atoms with E-state index in [9.17, 15) is 13.2 Å². The summed E-state index contributed by atoms with van der Waals surface area (Å²) in [5.41, 5.74) is 6.01. The molecular formula is C12H10F3NS. The Morgan fingerprint density at radius 2 is 1.82 bits per heavy atom. The Bertz CT molecular complexity index is 491. The molecule has 1 atom stereocenters. The van der Waals surface area contributed by atoms with Gasteiger partial charge in [-0.25, -0.2) is 0 Å². The highest BCUT2D eigenvalue weighted by molar-refractivity contribution is 7.08. The van der Waals surface area contributed by atoms with Gasteiger partial charge in [0.15, 0.2) is 0 Å². The lowest BCUT2D eigenvalue weighted by Gasteiger charge is -2.17. The maximum Gasteiger partial charge on any atom is 0.416 e. The molecule has 0 fully saturated rings. The molecule has 0 saturated heterocycles. The summed E-state index contributed by atoms with van der Waals surface area (Å²) in [6.45, 7) is 0. The molecule has 1 nitrogen and oxygen atoms in total. The number of halogens is 3. The summed E-state index contributed by atoms with van der Waals surface area (Å²) in [6, 6.07) is 6.41. The van der Waals surface area contributed by atoms with E-state index in [0.29, 0.717) is 5.56 Å². The third-order valence-corrected chi connectivity index (χ3v) is 3.21. The number of nitrogens with two attached hydrogens (primary N) is 1. The van der Waals surface area contributed by atoms with Gasteiger partial charge >= 0.3 is 6.18 Å². The highest BCUT2D eigenvalue weighted by atomic mass is 32.1. The van der Waals surface area contributed by atoms with Crippen LogP contribution in [0, 0.1) is 0 Å². The van der Waals surface area contributed by atoms with Crippen LogP contribution in [0.5, 0.6) is 0 Å². The maximum atomic E-state index is 12.8. The first kappa shape index (κ1) is 12.1. The van der Waals surface area contributed by atoms with Gasteiger partial charge in [-0.2, -0.15) is 24.5 Å². The molecule has 0 radical (unpaired) electrons. The van der Waals surface area contributed by atoms with Crippen LogP contribution >= 0.6 is 11.3 Å². The van der Waals surface area contributed by atoms with E-state index < -0.39 is 17.8 Å². The summed E-state index contributed by atoms with van der Waals surface area (Å²) in [7, 11) is 0. The van der Waals surface area contributed by atoms with E-state index in [0.717, 1.165) is 6.07 Å². The van der Waals surface area contributed by atoms with E-state index in [1.807, 2.05) is 0 Å². The number of hydrogen-bond acceptors (Lipinski definition) is 2. The van der Waals surface area contributed by atoms with Crippen molar-refractivity contribution < 1.29 is 13.2 Å². The van der Waals surface area contributed by atoms with Crippen molar-refractivity contribution in [3.63, 3.8) is 0 Å². The molecule has 17 heavy (non-hydrogen) atoms. The van der Waals surface area contributed by atoms with Crippen LogP contribution in [0.15, 0.2) is 41.1 Å². The number of benzene rings is 1. The van der Waals surface area contributed by atoms with Gasteiger partial charge in [0.25, 0.3) is 0 Å². The zero-order valence-corrected chi connectivity index (χ0v) is 9.55.